The van der Waals surface area contributed by atoms with Gasteiger partial charge in [0.15, 0.2) is 0 Å². The Kier molecular flexibility index (Phi) is 7.64. The minimum absolute atomic E-state index is 0.0922. The second-order valence-electron chi connectivity index (χ2n) is 8.50. The number of hydrogen-bond acceptors (Lipinski definition) is 5. The highest BCUT2D eigenvalue weighted by Gasteiger charge is 2.36. The maximum Gasteiger partial charge on any atom is 0.416 e. The molecule has 0 aromatic heterocycles. The number of halogens is 3. The van der Waals surface area contributed by atoms with Gasteiger partial charge in [-0.1, -0.05) is 0 Å². The number of sulfonamides is 1. The number of nitrogens with one attached hydrogen (secondary N) is 2. The fourth-order valence-corrected chi connectivity index (χ4v) is 5.96. The molecule has 2 N–H and O–H groups in total. The summed E-state index contributed by atoms with van der Waals surface area (Å²) in [6.45, 7) is 4.03. The summed E-state index contributed by atoms with van der Waals surface area (Å²) in [5.74, 6) is 0. The van der Waals surface area contributed by atoms with E-state index in [0.717, 1.165) is 50.2 Å². The van der Waals surface area contributed by atoms with Crippen LogP contribution in [-0.4, -0.2) is 69.1 Å². The molecular formula is C23H27F3N4O4S. The molecule has 12 heteroatoms. The predicted octanol–water partition coefficient (Wildman–Crippen LogP) is 3.83. The molecule has 0 spiro atoms. The molecule has 0 radical (unpaired) electrons. The zero-order valence-electron chi connectivity index (χ0n) is 18.9. The summed E-state index contributed by atoms with van der Waals surface area (Å²) >= 11 is 0. The fourth-order valence-electron chi connectivity index (χ4n) is 4.27. The van der Waals surface area contributed by atoms with E-state index < -0.39 is 27.8 Å². The van der Waals surface area contributed by atoms with Crippen LogP contribution in [0.25, 0.3) is 0 Å². The number of alkyl halides is 3. The van der Waals surface area contributed by atoms with Crippen molar-refractivity contribution in [1.82, 2.24) is 9.21 Å². The van der Waals surface area contributed by atoms with Gasteiger partial charge in [0.05, 0.1) is 23.7 Å². The minimum atomic E-state index is -4.46. The third-order valence-electron chi connectivity index (χ3n) is 6.08. The molecule has 2 aromatic rings. The van der Waals surface area contributed by atoms with Crippen LogP contribution in [0.3, 0.4) is 0 Å². The lowest BCUT2D eigenvalue weighted by atomic mass is 10.2. The molecule has 2 aliphatic rings. The van der Waals surface area contributed by atoms with Crippen LogP contribution in [0, 0.1) is 0 Å². The lowest BCUT2D eigenvalue weighted by Crippen LogP contribution is -2.46. The summed E-state index contributed by atoms with van der Waals surface area (Å²) in [5, 5.41) is 4.99. The van der Waals surface area contributed by atoms with E-state index in [1.54, 1.807) is 4.31 Å². The first-order valence-electron chi connectivity index (χ1n) is 11.3. The molecule has 2 amide bonds. The number of carbonyl (C=O) groups is 1. The average Bonchev–Trinajstić information content (AvgIpc) is 3.29. The van der Waals surface area contributed by atoms with Crippen molar-refractivity contribution in [3.8, 4) is 0 Å². The molecule has 1 atom stereocenters. The van der Waals surface area contributed by atoms with E-state index in [2.05, 4.69) is 15.5 Å². The first-order chi connectivity index (χ1) is 16.6. The van der Waals surface area contributed by atoms with Gasteiger partial charge in [-0.05, 0) is 61.4 Å². The second-order valence-corrected chi connectivity index (χ2v) is 10.4. The number of ether oxygens (including phenoxy) is 1. The Labute approximate surface area is 202 Å². The largest absolute Gasteiger partial charge is 0.416 e. The molecule has 8 nitrogen and oxygen atoms in total. The van der Waals surface area contributed by atoms with Crippen LogP contribution in [0.5, 0.6) is 0 Å². The van der Waals surface area contributed by atoms with Gasteiger partial charge < -0.3 is 15.4 Å². The molecule has 2 heterocycles. The Balaban J connectivity index is 1.36. The van der Waals surface area contributed by atoms with Gasteiger partial charge in [0, 0.05) is 43.6 Å². The van der Waals surface area contributed by atoms with Gasteiger partial charge >= 0.3 is 12.2 Å². The van der Waals surface area contributed by atoms with Crippen LogP contribution in [0.1, 0.15) is 18.4 Å². The maximum absolute atomic E-state index is 13.3. The van der Waals surface area contributed by atoms with Crippen LogP contribution in [0.4, 0.5) is 29.3 Å². The lowest BCUT2D eigenvalue weighted by Gasteiger charge is -2.32. The van der Waals surface area contributed by atoms with Crippen LogP contribution in [0.2, 0.25) is 0 Å². The summed E-state index contributed by atoms with van der Waals surface area (Å²) in [7, 11) is -3.69. The van der Waals surface area contributed by atoms with Crippen LogP contribution in [-0.2, 0) is 20.9 Å². The van der Waals surface area contributed by atoms with Gasteiger partial charge in [0.1, 0.15) is 0 Å². The topological polar surface area (TPSA) is 91.0 Å². The SMILES string of the molecule is O=C(Nc1ccc(C(F)(F)F)cc1)Nc1ccc(S(=O)(=O)N2CCCC2CN2CCOCC2)cc1. The van der Waals surface area contributed by atoms with Gasteiger partial charge in [-0.3, -0.25) is 4.90 Å². The van der Waals surface area contributed by atoms with E-state index in [9.17, 15) is 26.4 Å². The highest BCUT2D eigenvalue weighted by atomic mass is 32.2. The molecule has 190 valence electrons. The third kappa shape index (κ3) is 6.31. The number of nitrogens with zero attached hydrogens (tertiary/aromatic N) is 2. The van der Waals surface area contributed by atoms with Gasteiger partial charge in [0.25, 0.3) is 0 Å². The van der Waals surface area contributed by atoms with Crippen molar-refractivity contribution < 1.29 is 31.1 Å². The highest BCUT2D eigenvalue weighted by molar-refractivity contribution is 7.89. The Hall–Kier alpha value is -2.67. The molecule has 0 saturated carbocycles. The fraction of sp³-hybridized carbons (Fsp3) is 0.435. The van der Waals surface area contributed by atoms with Crippen molar-refractivity contribution >= 4 is 27.4 Å². The van der Waals surface area contributed by atoms with Crippen LogP contribution >= 0.6 is 0 Å². The van der Waals surface area contributed by atoms with E-state index in [-0.39, 0.29) is 16.6 Å². The lowest BCUT2D eigenvalue weighted by molar-refractivity contribution is -0.137. The molecule has 2 fully saturated rings. The summed E-state index contributed by atoms with van der Waals surface area (Å²) in [6.07, 6.45) is -2.85. The van der Waals surface area contributed by atoms with Crippen LogP contribution < -0.4 is 10.6 Å². The quantitative estimate of drug-likeness (QED) is 0.614. The van der Waals surface area contributed by atoms with Gasteiger partial charge in [-0.15, -0.1) is 0 Å². The number of benzene rings is 2. The van der Waals surface area contributed by atoms with Crippen molar-refractivity contribution in [2.24, 2.45) is 0 Å². The van der Waals surface area contributed by atoms with Gasteiger partial charge in [0.2, 0.25) is 10.0 Å². The number of amides is 2. The molecular weight excluding hydrogens is 485 g/mol. The summed E-state index contributed by atoms with van der Waals surface area (Å²) in [4.78, 5) is 14.6. The normalized spacial score (nSPS) is 20.0. The second kappa shape index (κ2) is 10.5. The predicted molar refractivity (Wildman–Crippen MR) is 125 cm³/mol. The smallest absolute Gasteiger partial charge is 0.379 e. The van der Waals surface area contributed by atoms with Crippen molar-refractivity contribution in [3.63, 3.8) is 0 Å². The molecule has 2 saturated heterocycles. The third-order valence-corrected chi connectivity index (χ3v) is 8.05. The standard InChI is InChI=1S/C23H27F3N4O4S/c24-23(25,26)17-3-5-18(6-4-17)27-22(31)28-19-7-9-21(10-8-19)35(32,33)30-11-1-2-20(30)16-29-12-14-34-15-13-29/h3-10,20H,1-2,11-16H2,(H2,27,28,31). The van der Waals surface area contributed by atoms with E-state index in [4.69, 9.17) is 4.74 Å². The number of rotatable bonds is 6. The molecule has 35 heavy (non-hydrogen) atoms. The van der Waals surface area contributed by atoms with Gasteiger partial charge in [-0.25, -0.2) is 13.2 Å². The van der Waals surface area contributed by atoms with Crippen molar-refractivity contribution in [2.45, 2.75) is 30.0 Å². The zero-order valence-corrected chi connectivity index (χ0v) is 19.7. The van der Waals surface area contributed by atoms with E-state index in [1.807, 2.05) is 0 Å². The molecule has 2 aromatic carbocycles. The first-order valence-corrected chi connectivity index (χ1v) is 12.7. The number of anilines is 2. The van der Waals surface area contributed by atoms with Gasteiger partial charge in [-0.2, -0.15) is 17.5 Å². The summed E-state index contributed by atoms with van der Waals surface area (Å²) in [5.41, 5.74) is -0.278. The number of carbonyl (C=O) groups excluding carboxylic acids is 1. The highest BCUT2D eigenvalue weighted by Crippen LogP contribution is 2.30. The van der Waals surface area contributed by atoms with E-state index >= 15 is 0 Å². The van der Waals surface area contributed by atoms with Crippen LogP contribution in [0.15, 0.2) is 53.4 Å². The zero-order chi connectivity index (χ0) is 25.1. The maximum atomic E-state index is 13.3. The number of urea groups is 1. The Morgan fingerprint density at radius 1 is 0.943 bits per heavy atom. The first kappa shape index (κ1) is 25.4. The Morgan fingerprint density at radius 2 is 1.51 bits per heavy atom. The Bertz CT molecular complexity index is 1120. The monoisotopic (exact) mass is 512 g/mol. The van der Waals surface area contributed by atoms with Crippen molar-refractivity contribution in [2.75, 3.05) is 50.0 Å². The molecule has 4 rings (SSSR count). The van der Waals surface area contributed by atoms with E-state index in [1.165, 1.54) is 24.3 Å². The minimum Gasteiger partial charge on any atom is -0.379 e. The van der Waals surface area contributed by atoms with Crippen molar-refractivity contribution in [1.29, 1.82) is 0 Å². The number of hydrogen-bond donors (Lipinski definition) is 2. The molecule has 0 aliphatic carbocycles. The Morgan fingerprint density at radius 3 is 2.09 bits per heavy atom. The molecule has 2 aliphatic heterocycles. The molecule has 0 bridgehead atoms. The summed E-state index contributed by atoms with van der Waals surface area (Å²) < 4.78 is 71.4. The van der Waals surface area contributed by atoms with E-state index in [0.29, 0.717) is 32.0 Å². The summed E-state index contributed by atoms with van der Waals surface area (Å²) in [6, 6.07) is 9.14. The van der Waals surface area contributed by atoms with Crippen molar-refractivity contribution in [3.05, 3.63) is 54.1 Å². The molecule has 1 unspecified atom stereocenters. The number of morpholine rings is 1. The average molecular weight is 513 g/mol.